The molecule has 4 atom stereocenters. The van der Waals surface area contributed by atoms with Crippen LogP contribution in [-0.4, -0.2) is 122 Å². The number of nitriles is 1. The van der Waals surface area contributed by atoms with Gasteiger partial charge in [-0.15, -0.1) is 11.3 Å². The minimum Gasteiger partial charge on any atom is -0.467 e. The van der Waals surface area contributed by atoms with E-state index in [2.05, 4.69) is 65.1 Å². The van der Waals surface area contributed by atoms with Gasteiger partial charge in [-0.2, -0.15) is 28.4 Å². The van der Waals surface area contributed by atoms with Gasteiger partial charge in [0.15, 0.2) is 5.82 Å². The predicted molar refractivity (Wildman–Crippen MR) is 330 cm³/mol. The third kappa shape index (κ3) is 19.7. The SMILES string of the molecule is C=C/C(F)=c1/sc(N)c(C#N)/c1=C\c1c(C(F)(F)F)cc2c(N3CC4CCC(C3)N4)nc(OC)nc2c1F.CC.CC(C)C.CC1CCCN1C(=O)CNC(=O)CCOCCCN1CCCC1.C[C@H](NC=O)c1ccc(-c2ccccc2Cl)cc1. The molecule has 4 fully saturated rings. The van der Waals surface area contributed by atoms with E-state index in [4.69, 9.17) is 26.8 Å². The Morgan fingerprint density at radius 2 is 1.66 bits per heavy atom. The zero-order valence-corrected chi connectivity index (χ0v) is 51.6. The zero-order valence-electron chi connectivity index (χ0n) is 50.0. The number of nitrogens with one attached hydrogen (secondary N) is 3. The topological polar surface area (TPSA) is 191 Å². The van der Waals surface area contributed by atoms with Gasteiger partial charge in [0.05, 0.1) is 42.0 Å². The Bertz CT molecular complexity index is 3170. The van der Waals surface area contributed by atoms with E-state index < -0.39 is 34.5 Å². The average molecular weight is 1220 g/mol. The molecule has 2 aromatic heterocycles. The summed E-state index contributed by atoms with van der Waals surface area (Å²) >= 11 is 6.80. The Balaban J connectivity index is 0.000000239. The van der Waals surface area contributed by atoms with Crippen LogP contribution < -0.4 is 41.1 Å². The van der Waals surface area contributed by atoms with E-state index in [0.717, 1.165) is 91.0 Å². The summed E-state index contributed by atoms with van der Waals surface area (Å²) in [6, 6.07) is 18.7. The summed E-state index contributed by atoms with van der Waals surface area (Å²) in [5, 5.41) is 18.6. The van der Waals surface area contributed by atoms with Crippen LogP contribution in [0.5, 0.6) is 6.01 Å². The highest BCUT2D eigenvalue weighted by Gasteiger charge is 2.38. The highest BCUT2D eigenvalue weighted by atomic mass is 35.5. The second-order valence-corrected chi connectivity index (χ2v) is 22.9. The number of alkyl halides is 3. The number of aromatic nitrogens is 2. The van der Waals surface area contributed by atoms with Crippen molar-refractivity contribution < 1.29 is 45.8 Å². The number of nitrogen functional groups attached to an aromatic ring is 1. The molecule has 85 heavy (non-hydrogen) atoms. The van der Waals surface area contributed by atoms with Crippen LogP contribution in [0, 0.1) is 23.1 Å². The van der Waals surface area contributed by atoms with Crippen molar-refractivity contribution in [2.45, 2.75) is 130 Å². The van der Waals surface area contributed by atoms with E-state index in [1.165, 1.54) is 33.0 Å². The van der Waals surface area contributed by atoms with Crippen molar-refractivity contribution in [1.29, 1.82) is 5.26 Å². The number of carbonyl (C=O) groups excluding carboxylic acids is 3. The number of likely N-dealkylation sites (tertiary alicyclic amines) is 2. The van der Waals surface area contributed by atoms with Crippen molar-refractivity contribution in [2.24, 2.45) is 5.92 Å². The molecule has 5 N–H and O–H groups in total. The molecule has 0 aliphatic carbocycles. The number of thiophene rings is 1. The normalized spacial score (nSPS) is 18.1. The fourth-order valence-corrected chi connectivity index (χ4v) is 11.4. The molecule has 2 bridgehead atoms. The first-order valence-corrected chi connectivity index (χ1v) is 30.3. The summed E-state index contributed by atoms with van der Waals surface area (Å²) in [6.07, 6.45) is 5.24. The Hall–Kier alpha value is -6.70. The van der Waals surface area contributed by atoms with Crippen molar-refractivity contribution in [2.75, 3.05) is 76.8 Å². The molecule has 3 aromatic carbocycles. The Labute approximate surface area is 505 Å². The Morgan fingerprint density at radius 1 is 1.00 bits per heavy atom. The van der Waals surface area contributed by atoms with Crippen molar-refractivity contribution in [3.63, 3.8) is 0 Å². The fraction of sp³-hybridized carbons (Fsp3) is 0.492. The van der Waals surface area contributed by atoms with Crippen LogP contribution in [0.4, 0.5) is 32.8 Å². The molecular weight excluding hydrogens is 1140 g/mol. The third-order valence-electron chi connectivity index (χ3n) is 14.4. The standard InChI is InChI=1S/C25H21F5N6OS.C17H31N3O3.C15H14ClNO.C4H10.C2H6/c1-3-18(26)21-13(16(8-31)22(32)38-21)6-14-17(25(28,29)30)7-15-20(19(14)27)34-24(37-2)35-23(15)36-9-11-4-5-12(10-36)33-11;1-15-6-4-11-20(15)17(22)14-18-16(21)7-13-23-12-5-10-19-8-2-3-9-19;1-11(17-10-18)12-6-8-13(9-7-12)14-4-2-3-5-15(14)16;1-4(2)3;1-2/h3,6-7,11-12,33H,1,4-5,9-10,32H2,2H3;15H,2-14H2,1H3,(H,18,21);2-11H,1H3,(H,17,18);4H,1-3H3;1-2H3/b13-6+,21-18-;;;;/t;;11-;;/m..0../s1. The van der Waals surface area contributed by atoms with E-state index in [-0.39, 0.29) is 74.0 Å². The molecule has 4 aliphatic rings. The van der Waals surface area contributed by atoms with Gasteiger partial charge in [-0.05, 0) is 113 Å². The number of halogens is 6. The number of ether oxygens (including phenoxy) is 2. The number of benzene rings is 3. The van der Waals surface area contributed by atoms with Gasteiger partial charge >= 0.3 is 12.2 Å². The van der Waals surface area contributed by atoms with Crippen LogP contribution in [-0.2, 0) is 25.3 Å². The van der Waals surface area contributed by atoms with Crippen molar-refractivity contribution in [3.8, 4) is 23.2 Å². The molecule has 15 nitrogen and oxygen atoms in total. The zero-order chi connectivity index (χ0) is 62.4. The van der Waals surface area contributed by atoms with Crippen LogP contribution in [0.1, 0.15) is 128 Å². The Kier molecular flexibility index (Phi) is 27.5. The van der Waals surface area contributed by atoms with Gasteiger partial charge in [0.25, 0.3) is 0 Å². The number of hydrogen-bond acceptors (Lipinski definition) is 13. The lowest BCUT2D eigenvalue weighted by atomic mass is 10.00. The maximum absolute atomic E-state index is 16.1. The fourth-order valence-electron chi connectivity index (χ4n) is 10.2. The van der Waals surface area contributed by atoms with Gasteiger partial charge < -0.3 is 45.9 Å². The molecular formula is C63H82ClF5N10O5S. The number of anilines is 2. The quantitative estimate of drug-likeness (QED) is 0.0392. The number of hydrogen-bond donors (Lipinski definition) is 4. The number of amides is 3. The van der Waals surface area contributed by atoms with Crippen molar-refractivity contribution >= 4 is 74.8 Å². The highest BCUT2D eigenvalue weighted by molar-refractivity contribution is 7.14. The molecule has 4 aliphatic heterocycles. The number of nitrogens with two attached hydrogens (primary N) is 1. The predicted octanol–water partition coefficient (Wildman–Crippen LogP) is 10.9. The molecule has 9 rings (SSSR count). The number of allylic oxidation sites excluding steroid dienone is 1. The van der Waals surface area contributed by atoms with Crippen LogP contribution in [0.15, 0.2) is 67.3 Å². The van der Waals surface area contributed by atoms with Gasteiger partial charge in [0.2, 0.25) is 18.2 Å². The summed E-state index contributed by atoms with van der Waals surface area (Å²) in [5.74, 6) is -1.35. The summed E-state index contributed by atoms with van der Waals surface area (Å²) in [4.78, 5) is 48.5. The largest absolute Gasteiger partial charge is 0.467 e. The first-order chi connectivity index (χ1) is 40.7. The average Bonchev–Trinajstić information content (AvgIpc) is 2.00. The number of fused-ring (bicyclic) bond motifs is 3. The first kappa shape index (κ1) is 69.1. The van der Waals surface area contributed by atoms with Crippen LogP contribution in [0.3, 0.4) is 0 Å². The molecule has 3 unspecified atom stereocenters. The summed E-state index contributed by atoms with van der Waals surface area (Å²) in [6.45, 7) is 24.3. The molecule has 22 heteroatoms. The lowest BCUT2D eigenvalue weighted by Crippen LogP contribution is -2.51. The molecule has 3 amide bonds. The summed E-state index contributed by atoms with van der Waals surface area (Å²) < 4.78 is 84.1. The van der Waals surface area contributed by atoms with Crippen LogP contribution in [0.2, 0.25) is 5.02 Å². The third-order valence-corrected chi connectivity index (χ3v) is 15.7. The van der Waals surface area contributed by atoms with Gasteiger partial charge in [-0.25, -0.2) is 8.78 Å². The van der Waals surface area contributed by atoms with E-state index in [1.807, 2.05) is 79.1 Å². The number of carbonyl (C=O) groups is 3. The van der Waals surface area contributed by atoms with E-state index >= 15 is 4.39 Å². The molecule has 462 valence electrons. The van der Waals surface area contributed by atoms with E-state index in [1.54, 1.807) is 6.07 Å². The van der Waals surface area contributed by atoms with E-state index in [0.29, 0.717) is 56.5 Å². The second kappa shape index (κ2) is 33.9. The van der Waals surface area contributed by atoms with Crippen LogP contribution >= 0.6 is 22.9 Å². The van der Waals surface area contributed by atoms with Gasteiger partial charge in [-0.3, -0.25) is 14.4 Å². The van der Waals surface area contributed by atoms with Crippen molar-refractivity contribution in [1.82, 2.24) is 35.7 Å². The minimum absolute atomic E-state index is 0.0165. The van der Waals surface area contributed by atoms with Gasteiger partial charge in [0.1, 0.15) is 28.2 Å². The van der Waals surface area contributed by atoms with Crippen LogP contribution in [0.25, 0.3) is 33.9 Å². The number of nitrogens with zero attached hydrogens (tertiary/aromatic N) is 6. The maximum atomic E-state index is 16.1. The molecule has 6 heterocycles. The van der Waals surface area contributed by atoms with Gasteiger partial charge in [0, 0.05) is 84.1 Å². The van der Waals surface area contributed by atoms with E-state index in [9.17, 15) is 37.2 Å². The lowest BCUT2D eigenvalue weighted by molar-refractivity contribution is -0.137. The molecule has 5 aromatic rings. The summed E-state index contributed by atoms with van der Waals surface area (Å²) in [7, 11) is 1.27. The smallest absolute Gasteiger partial charge is 0.417 e. The molecule has 0 radical (unpaired) electrons. The number of rotatable bonds is 17. The number of piperazine rings is 1. The monoisotopic (exact) mass is 1220 g/mol. The molecule has 4 saturated heterocycles. The van der Waals surface area contributed by atoms with Gasteiger partial charge in [-0.1, -0.05) is 95.3 Å². The molecule has 0 spiro atoms. The molecule has 0 saturated carbocycles. The summed E-state index contributed by atoms with van der Waals surface area (Å²) in [5.41, 5.74) is 6.07. The first-order valence-electron chi connectivity index (χ1n) is 29.1. The second-order valence-electron chi connectivity index (χ2n) is 21.5. The lowest BCUT2D eigenvalue weighted by Gasteiger charge is -2.34. The minimum atomic E-state index is -5.00. The van der Waals surface area contributed by atoms with Crippen molar-refractivity contribution in [3.05, 3.63) is 110 Å². The number of methoxy groups -OCH3 is 1. The highest BCUT2D eigenvalue weighted by Crippen LogP contribution is 2.40. The Morgan fingerprint density at radius 3 is 2.24 bits per heavy atom. The maximum Gasteiger partial charge on any atom is 0.417 e.